The minimum Gasteiger partial charge on any atom is -0.355 e. The predicted octanol–water partition coefficient (Wildman–Crippen LogP) is 3.97. The average molecular weight is 405 g/mol. The number of aryl methyl sites for hydroxylation is 1. The van der Waals surface area contributed by atoms with Gasteiger partial charge in [0.05, 0.1) is 5.41 Å². The Kier molecular flexibility index (Phi) is 6.75. The highest BCUT2D eigenvalue weighted by Gasteiger charge is 2.45. The van der Waals surface area contributed by atoms with Crippen molar-refractivity contribution in [1.29, 1.82) is 0 Å². The molecule has 5 nitrogen and oxygen atoms in total. The monoisotopic (exact) mass is 404 g/mol. The van der Waals surface area contributed by atoms with E-state index in [-0.39, 0.29) is 11.7 Å². The third-order valence-electron chi connectivity index (χ3n) is 5.43. The Bertz CT molecular complexity index is 799. The molecule has 0 radical (unpaired) electrons. The molecule has 28 heavy (non-hydrogen) atoms. The molecule has 0 unspecified atom stereocenters. The SMILES string of the molecule is CSc1nnc(CCCNC(=O)C2(c3ccc(F)cc3)CCC2)n1CC(C)C. The van der Waals surface area contributed by atoms with Gasteiger partial charge in [0.2, 0.25) is 5.91 Å². The number of hydrogen-bond donors (Lipinski definition) is 1. The second-order valence-corrected chi connectivity index (χ2v) is 8.68. The van der Waals surface area contributed by atoms with Gasteiger partial charge in [0.1, 0.15) is 11.6 Å². The van der Waals surface area contributed by atoms with Gasteiger partial charge in [-0.25, -0.2) is 4.39 Å². The van der Waals surface area contributed by atoms with Crippen molar-refractivity contribution in [3.05, 3.63) is 41.5 Å². The summed E-state index contributed by atoms with van der Waals surface area (Å²) in [6.45, 7) is 5.87. The van der Waals surface area contributed by atoms with Crippen LogP contribution in [0.15, 0.2) is 29.4 Å². The van der Waals surface area contributed by atoms with Gasteiger partial charge in [0, 0.05) is 19.5 Å². The van der Waals surface area contributed by atoms with E-state index in [9.17, 15) is 9.18 Å². The molecule has 0 saturated heterocycles. The average Bonchev–Trinajstić information content (AvgIpc) is 3.00. The molecule has 0 aliphatic heterocycles. The first-order chi connectivity index (χ1) is 13.5. The Labute approximate surface area is 170 Å². The molecule has 1 N–H and O–H groups in total. The summed E-state index contributed by atoms with van der Waals surface area (Å²) in [7, 11) is 0. The minimum atomic E-state index is -0.489. The highest BCUT2D eigenvalue weighted by molar-refractivity contribution is 7.98. The van der Waals surface area contributed by atoms with Crippen molar-refractivity contribution < 1.29 is 9.18 Å². The molecule has 0 spiro atoms. The number of halogens is 1. The topological polar surface area (TPSA) is 59.8 Å². The Morgan fingerprint density at radius 2 is 2.00 bits per heavy atom. The molecule has 1 saturated carbocycles. The molecule has 1 heterocycles. The summed E-state index contributed by atoms with van der Waals surface area (Å²) in [6.07, 6.45) is 6.29. The van der Waals surface area contributed by atoms with Crippen molar-refractivity contribution >= 4 is 17.7 Å². The van der Waals surface area contributed by atoms with Crippen LogP contribution in [0.4, 0.5) is 4.39 Å². The van der Waals surface area contributed by atoms with Gasteiger partial charge in [-0.15, -0.1) is 10.2 Å². The van der Waals surface area contributed by atoms with Crippen LogP contribution in [0.5, 0.6) is 0 Å². The van der Waals surface area contributed by atoms with Gasteiger partial charge >= 0.3 is 0 Å². The first-order valence-electron chi connectivity index (χ1n) is 9.96. The molecule has 2 aromatic rings. The van der Waals surface area contributed by atoms with Crippen molar-refractivity contribution in [2.45, 2.75) is 63.1 Å². The van der Waals surface area contributed by atoms with E-state index in [1.165, 1.54) is 12.1 Å². The minimum absolute atomic E-state index is 0.0545. The number of thioether (sulfide) groups is 1. The van der Waals surface area contributed by atoms with E-state index in [4.69, 9.17) is 0 Å². The Balaban J connectivity index is 1.56. The number of aromatic nitrogens is 3. The lowest BCUT2D eigenvalue weighted by molar-refractivity contribution is -0.129. The van der Waals surface area contributed by atoms with Crippen molar-refractivity contribution in [3.8, 4) is 0 Å². The fourth-order valence-corrected chi connectivity index (χ4v) is 4.29. The second kappa shape index (κ2) is 9.07. The van der Waals surface area contributed by atoms with Crippen LogP contribution >= 0.6 is 11.8 Å². The molecule has 1 fully saturated rings. The van der Waals surface area contributed by atoms with Crippen LogP contribution in [0.25, 0.3) is 0 Å². The molecule has 7 heteroatoms. The van der Waals surface area contributed by atoms with E-state index < -0.39 is 5.41 Å². The third kappa shape index (κ3) is 4.40. The van der Waals surface area contributed by atoms with E-state index in [1.807, 2.05) is 6.26 Å². The standard InChI is InChI=1S/C21H29FN4OS/c1-15(2)14-26-18(24-25-20(26)28-3)6-4-13-23-19(27)21(11-5-12-21)16-7-9-17(22)10-8-16/h7-10,15H,4-6,11-14H2,1-3H3,(H,23,27). The number of nitrogens with zero attached hydrogens (tertiary/aromatic N) is 3. The summed E-state index contributed by atoms with van der Waals surface area (Å²) >= 11 is 1.61. The van der Waals surface area contributed by atoms with Crippen LogP contribution in [0.1, 0.15) is 50.9 Å². The maximum Gasteiger partial charge on any atom is 0.230 e. The lowest BCUT2D eigenvalue weighted by atomic mass is 9.64. The first-order valence-corrected chi connectivity index (χ1v) is 11.2. The molecule has 0 atom stereocenters. The zero-order chi connectivity index (χ0) is 20.1. The number of rotatable bonds is 9. The molecule has 1 aromatic heterocycles. The third-order valence-corrected chi connectivity index (χ3v) is 6.09. The van der Waals surface area contributed by atoms with Gasteiger partial charge < -0.3 is 9.88 Å². The Morgan fingerprint density at radius 1 is 1.29 bits per heavy atom. The van der Waals surface area contributed by atoms with Crippen LogP contribution in [-0.4, -0.2) is 33.5 Å². The van der Waals surface area contributed by atoms with E-state index in [0.29, 0.717) is 12.5 Å². The number of hydrogen-bond acceptors (Lipinski definition) is 4. The fourth-order valence-electron chi connectivity index (χ4n) is 3.77. The summed E-state index contributed by atoms with van der Waals surface area (Å²) in [5.74, 6) is 1.28. The largest absolute Gasteiger partial charge is 0.355 e. The molecule has 3 rings (SSSR count). The van der Waals surface area contributed by atoms with Crippen molar-refractivity contribution in [2.24, 2.45) is 5.92 Å². The Morgan fingerprint density at radius 3 is 2.57 bits per heavy atom. The van der Waals surface area contributed by atoms with Gasteiger partial charge in [-0.05, 0) is 49.1 Å². The smallest absolute Gasteiger partial charge is 0.230 e. The maximum absolute atomic E-state index is 13.2. The summed E-state index contributed by atoms with van der Waals surface area (Å²) in [5.41, 5.74) is 0.427. The lowest BCUT2D eigenvalue weighted by Gasteiger charge is -2.40. The second-order valence-electron chi connectivity index (χ2n) is 7.91. The van der Waals surface area contributed by atoms with Crippen molar-refractivity contribution in [2.75, 3.05) is 12.8 Å². The van der Waals surface area contributed by atoms with E-state index >= 15 is 0 Å². The highest BCUT2D eigenvalue weighted by atomic mass is 32.2. The van der Waals surface area contributed by atoms with Crippen LogP contribution in [0, 0.1) is 11.7 Å². The van der Waals surface area contributed by atoms with Gasteiger partial charge in [0.25, 0.3) is 0 Å². The van der Waals surface area contributed by atoms with Crippen molar-refractivity contribution in [3.63, 3.8) is 0 Å². The molecular weight excluding hydrogens is 375 g/mol. The molecule has 0 bridgehead atoms. The fraction of sp³-hybridized carbons (Fsp3) is 0.571. The van der Waals surface area contributed by atoms with Crippen LogP contribution in [0.3, 0.4) is 0 Å². The zero-order valence-electron chi connectivity index (χ0n) is 16.9. The molecule has 152 valence electrons. The van der Waals surface area contributed by atoms with Crippen molar-refractivity contribution in [1.82, 2.24) is 20.1 Å². The number of amides is 1. The van der Waals surface area contributed by atoms with Crippen LogP contribution in [-0.2, 0) is 23.2 Å². The number of carbonyl (C=O) groups excluding carboxylic acids is 1. The van der Waals surface area contributed by atoms with Gasteiger partial charge in [0.15, 0.2) is 5.16 Å². The summed E-state index contributed by atoms with van der Waals surface area (Å²) in [4.78, 5) is 12.9. The van der Waals surface area contributed by atoms with Gasteiger partial charge in [-0.2, -0.15) is 0 Å². The van der Waals surface area contributed by atoms with Crippen LogP contribution < -0.4 is 5.32 Å². The quantitative estimate of drug-likeness (QED) is 0.508. The first kappa shape index (κ1) is 20.8. The molecular formula is C21H29FN4OS. The molecule has 1 aliphatic carbocycles. The number of nitrogens with one attached hydrogen (secondary N) is 1. The van der Waals surface area contributed by atoms with E-state index in [0.717, 1.165) is 55.2 Å². The lowest BCUT2D eigenvalue weighted by Crippen LogP contribution is -2.49. The molecule has 1 aliphatic rings. The van der Waals surface area contributed by atoms with E-state index in [1.54, 1.807) is 23.9 Å². The molecule has 1 aromatic carbocycles. The van der Waals surface area contributed by atoms with Gasteiger partial charge in [-0.3, -0.25) is 4.79 Å². The maximum atomic E-state index is 13.2. The normalized spacial score (nSPS) is 15.5. The zero-order valence-corrected chi connectivity index (χ0v) is 17.7. The van der Waals surface area contributed by atoms with Crippen LogP contribution in [0.2, 0.25) is 0 Å². The number of carbonyl (C=O) groups is 1. The molecule has 1 amide bonds. The van der Waals surface area contributed by atoms with Gasteiger partial charge in [-0.1, -0.05) is 44.2 Å². The summed E-state index contributed by atoms with van der Waals surface area (Å²) < 4.78 is 15.4. The Hall–Kier alpha value is -1.89. The van der Waals surface area contributed by atoms with E-state index in [2.05, 4.69) is 33.9 Å². The predicted molar refractivity (Wildman–Crippen MR) is 110 cm³/mol. The number of benzene rings is 1. The summed E-state index contributed by atoms with van der Waals surface area (Å²) in [6, 6.07) is 6.36. The highest BCUT2D eigenvalue weighted by Crippen LogP contribution is 2.44. The summed E-state index contributed by atoms with van der Waals surface area (Å²) in [5, 5.41) is 12.6.